The normalized spacial score (nSPS) is 29.7. The molecule has 3 unspecified atom stereocenters. The first-order valence-electron chi connectivity index (χ1n) is 6.61. The lowest BCUT2D eigenvalue weighted by Gasteiger charge is -2.17. The van der Waals surface area contributed by atoms with Gasteiger partial charge in [0.25, 0.3) is 0 Å². The number of rotatable bonds is 3. The molecule has 0 aromatic carbocycles. The third-order valence-electron chi connectivity index (χ3n) is 4.49. The van der Waals surface area contributed by atoms with Gasteiger partial charge in [-0.1, -0.05) is 0 Å². The van der Waals surface area contributed by atoms with Crippen LogP contribution in [0.15, 0.2) is 5.51 Å². The Morgan fingerprint density at radius 2 is 2.16 bits per heavy atom. The number of fused-ring (bicyclic) bond motifs is 1. The summed E-state index contributed by atoms with van der Waals surface area (Å²) in [4.78, 5) is 8.37. The molecule has 2 fully saturated rings. The lowest BCUT2D eigenvalue weighted by atomic mass is 9.98. The third kappa shape index (κ3) is 3.61. The van der Waals surface area contributed by atoms with E-state index in [4.69, 9.17) is 5.73 Å². The number of nitrogens with zero attached hydrogens (tertiary/aromatic N) is 2. The molecule has 2 aliphatic rings. The highest BCUT2D eigenvalue weighted by Crippen LogP contribution is 2.37. The van der Waals surface area contributed by atoms with E-state index in [-0.39, 0.29) is 24.8 Å². The minimum Gasteiger partial charge on any atom is -0.327 e. The molecule has 1 aliphatic carbocycles. The molecule has 0 amide bonds. The molecule has 1 saturated carbocycles. The van der Waals surface area contributed by atoms with Gasteiger partial charge in [0.1, 0.15) is 0 Å². The Hall–Kier alpha value is 0.130. The summed E-state index contributed by atoms with van der Waals surface area (Å²) in [5.74, 6) is 1.66. The van der Waals surface area contributed by atoms with Crippen LogP contribution >= 0.6 is 36.2 Å². The number of thiazole rings is 1. The minimum absolute atomic E-state index is 0. The first-order chi connectivity index (χ1) is 8.24. The van der Waals surface area contributed by atoms with Crippen molar-refractivity contribution in [1.82, 2.24) is 9.88 Å². The molecule has 3 nitrogen and oxygen atoms in total. The quantitative estimate of drug-likeness (QED) is 0.929. The molecule has 1 saturated heterocycles. The average molecular weight is 324 g/mol. The van der Waals surface area contributed by atoms with Crippen molar-refractivity contribution < 1.29 is 0 Å². The molecule has 1 aromatic rings. The van der Waals surface area contributed by atoms with Crippen molar-refractivity contribution in [2.75, 3.05) is 19.6 Å². The second-order valence-corrected chi connectivity index (χ2v) is 6.47. The number of hydrogen-bond donors (Lipinski definition) is 1. The van der Waals surface area contributed by atoms with Crippen molar-refractivity contribution >= 4 is 36.2 Å². The summed E-state index contributed by atoms with van der Waals surface area (Å²) in [6.45, 7) is 5.79. The number of nitrogens with two attached hydrogens (primary N) is 1. The molecule has 19 heavy (non-hydrogen) atoms. The number of aryl methyl sites for hydroxylation is 1. The highest BCUT2D eigenvalue weighted by molar-refractivity contribution is 7.09. The fourth-order valence-electron chi connectivity index (χ4n) is 3.41. The van der Waals surface area contributed by atoms with E-state index in [1.165, 1.54) is 43.0 Å². The van der Waals surface area contributed by atoms with Crippen molar-refractivity contribution in [2.24, 2.45) is 17.6 Å². The Labute approximate surface area is 131 Å². The molecule has 3 rings (SSSR count). The highest BCUT2D eigenvalue weighted by atomic mass is 35.5. The van der Waals surface area contributed by atoms with Gasteiger partial charge in [-0.3, -0.25) is 0 Å². The van der Waals surface area contributed by atoms with Crippen LogP contribution in [-0.2, 0) is 6.42 Å². The second-order valence-electron chi connectivity index (χ2n) is 5.54. The molecule has 0 radical (unpaired) electrons. The monoisotopic (exact) mass is 323 g/mol. The first kappa shape index (κ1) is 17.2. The molecule has 6 heteroatoms. The van der Waals surface area contributed by atoms with Crippen LogP contribution in [0.4, 0.5) is 0 Å². The molecule has 110 valence electrons. The van der Waals surface area contributed by atoms with E-state index in [2.05, 4.69) is 16.8 Å². The zero-order valence-electron chi connectivity index (χ0n) is 11.2. The SMILES string of the molecule is Cc1ncsc1CCN1CC2CCC(N)C2C1.Cl.Cl. The molecule has 3 atom stereocenters. The van der Waals surface area contributed by atoms with Crippen LogP contribution in [0.25, 0.3) is 0 Å². The van der Waals surface area contributed by atoms with E-state index in [0.717, 1.165) is 18.3 Å². The molecule has 0 bridgehead atoms. The van der Waals surface area contributed by atoms with Crippen molar-refractivity contribution in [3.05, 3.63) is 16.1 Å². The standard InChI is InChI=1S/C13H21N3S.2ClH/c1-9-13(17-8-15-9)4-5-16-6-10-2-3-12(14)11(10)7-16;;/h8,10-12H,2-7,14H2,1H3;2*1H. The van der Waals surface area contributed by atoms with Crippen molar-refractivity contribution in [1.29, 1.82) is 0 Å². The average Bonchev–Trinajstić information content (AvgIpc) is 2.96. The molecule has 1 aromatic heterocycles. The van der Waals surface area contributed by atoms with E-state index >= 15 is 0 Å². The van der Waals surface area contributed by atoms with E-state index in [1.54, 1.807) is 11.3 Å². The van der Waals surface area contributed by atoms with Crippen LogP contribution in [0.2, 0.25) is 0 Å². The Kier molecular flexibility index (Phi) is 6.54. The van der Waals surface area contributed by atoms with E-state index < -0.39 is 0 Å². The summed E-state index contributed by atoms with van der Waals surface area (Å²) < 4.78 is 0. The fourth-order valence-corrected chi connectivity index (χ4v) is 4.18. The van der Waals surface area contributed by atoms with Crippen LogP contribution in [0, 0.1) is 18.8 Å². The zero-order chi connectivity index (χ0) is 11.8. The minimum atomic E-state index is 0. The van der Waals surface area contributed by atoms with Gasteiger partial charge in [-0.15, -0.1) is 36.2 Å². The lowest BCUT2D eigenvalue weighted by molar-refractivity contribution is 0.310. The van der Waals surface area contributed by atoms with Gasteiger partial charge in [0.15, 0.2) is 0 Å². The summed E-state index contributed by atoms with van der Waals surface area (Å²) >= 11 is 1.79. The summed E-state index contributed by atoms with van der Waals surface area (Å²) in [6, 6.07) is 0.468. The molecule has 0 spiro atoms. The molecular weight excluding hydrogens is 301 g/mol. The number of halogens is 2. The third-order valence-corrected chi connectivity index (χ3v) is 5.48. The van der Waals surface area contributed by atoms with Gasteiger partial charge in [-0.05, 0) is 38.0 Å². The van der Waals surface area contributed by atoms with Crippen molar-refractivity contribution in [3.8, 4) is 0 Å². The van der Waals surface area contributed by atoms with Crippen LogP contribution in [0.1, 0.15) is 23.4 Å². The van der Waals surface area contributed by atoms with Crippen LogP contribution < -0.4 is 5.73 Å². The number of likely N-dealkylation sites (tertiary alicyclic amines) is 1. The van der Waals surface area contributed by atoms with E-state index in [0.29, 0.717) is 6.04 Å². The molecule has 2 heterocycles. The topological polar surface area (TPSA) is 42.2 Å². The predicted molar refractivity (Wildman–Crippen MR) is 85.7 cm³/mol. The van der Waals surface area contributed by atoms with Crippen LogP contribution in [0.5, 0.6) is 0 Å². The van der Waals surface area contributed by atoms with Crippen LogP contribution in [0.3, 0.4) is 0 Å². The van der Waals surface area contributed by atoms with Gasteiger partial charge in [0, 0.05) is 30.6 Å². The second kappa shape index (κ2) is 7.23. The van der Waals surface area contributed by atoms with E-state index in [9.17, 15) is 0 Å². The summed E-state index contributed by atoms with van der Waals surface area (Å²) in [7, 11) is 0. The highest BCUT2D eigenvalue weighted by Gasteiger charge is 2.40. The lowest BCUT2D eigenvalue weighted by Crippen LogP contribution is -2.31. The van der Waals surface area contributed by atoms with Gasteiger partial charge in [0.05, 0.1) is 11.2 Å². The Balaban J connectivity index is 0.000000902. The summed E-state index contributed by atoms with van der Waals surface area (Å²) in [5, 5.41) is 0. The van der Waals surface area contributed by atoms with Gasteiger partial charge >= 0.3 is 0 Å². The van der Waals surface area contributed by atoms with Crippen molar-refractivity contribution in [3.63, 3.8) is 0 Å². The van der Waals surface area contributed by atoms with Gasteiger partial charge in [-0.25, -0.2) is 4.98 Å². The Morgan fingerprint density at radius 1 is 1.37 bits per heavy atom. The predicted octanol–water partition coefficient (Wildman–Crippen LogP) is 2.51. The Morgan fingerprint density at radius 3 is 2.79 bits per heavy atom. The smallest absolute Gasteiger partial charge is 0.0797 e. The van der Waals surface area contributed by atoms with Gasteiger partial charge < -0.3 is 10.6 Å². The maximum Gasteiger partial charge on any atom is 0.0797 e. The fraction of sp³-hybridized carbons (Fsp3) is 0.769. The maximum atomic E-state index is 6.16. The number of hydrogen-bond acceptors (Lipinski definition) is 4. The molecular formula is C13H23Cl2N3S. The summed E-state index contributed by atoms with van der Waals surface area (Å²) in [6.07, 6.45) is 3.75. The Bertz CT molecular complexity index is 399. The molecule has 1 aliphatic heterocycles. The van der Waals surface area contributed by atoms with E-state index in [1.807, 2.05) is 5.51 Å². The van der Waals surface area contributed by atoms with Crippen molar-refractivity contribution in [2.45, 2.75) is 32.2 Å². The van der Waals surface area contributed by atoms with Crippen LogP contribution in [-0.4, -0.2) is 35.6 Å². The maximum absolute atomic E-state index is 6.16. The van der Waals surface area contributed by atoms with Gasteiger partial charge in [-0.2, -0.15) is 0 Å². The zero-order valence-corrected chi connectivity index (χ0v) is 13.7. The summed E-state index contributed by atoms with van der Waals surface area (Å²) in [5.41, 5.74) is 9.33. The largest absolute Gasteiger partial charge is 0.327 e. The number of aromatic nitrogens is 1. The molecule has 2 N–H and O–H groups in total. The first-order valence-corrected chi connectivity index (χ1v) is 7.49. The van der Waals surface area contributed by atoms with Gasteiger partial charge in [0.2, 0.25) is 0 Å².